The number of hydrogen-bond donors (Lipinski definition) is 1. The van der Waals surface area contributed by atoms with E-state index in [9.17, 15) is 0 Å². The van der Waals surface area contributed by atoms with Gasteiger partial charge in [0.25, 0.3) is 5.95 Å². The fraction of sp³-hybridized carbons (Fsp3) is 0.538. The number of halogens is 1. The van der Waals surface area contributed by atoms with Crippen molar-refractivity contribution in [1.82, 2.24) is 24.7 Å². The van der Waals surface area contributed by atoms with Crippen LogP contribution in [0.4, 0.5) is 5.95 Å². The minimum absolute atomic E-state index is 0.145. The van der Waals surface area contributed by atoms with Gasteiger partial charge in [0, 0.05) is 25.5 Å². The molecule has 3 heterocycles. The van der Waals surface area contributed by atoms with Gasteiger partial charge in [0.2, 0.25) is 11.2 Å². The van der Waals surface area contributed by atoms with Crippen LogP contribution in [0.25, 0.3) is 5.95 Å². The zero-order chi connectivity index (χ0) is 14.5. The molecule has 1 aliphatic heterocycles. The first-order valence-electron chi connectivity index (χ1n) is 7.08. The number of anilines is 1. The number of ether oxygens (including phenoxy) is 1. The Morgan fingerprint density at radius 1 is 1.33 bits per heavy atom. The van der Waals surface area contributed by atoms with Crippen LogP contribution in [0.5, 0.6) is 0 Å². The van der Waals surface area contributed by atoms with E-state index in [1.807, 2.05) is 0 Å². The van der Waals surface area contributed by atoms with Crippen LogP contribution in [0.1, 0.15) is 25.7 Å². The predicted octanol–water partition coefficient (Wildman–Crippen LogP) is 2.08. The summed E-state index contributed by atoms with van der Waals surface area (Å²) in [6.07, 6.45) is 8.20. The van der Waals surface area contributed by atoms with Crippen LogP contribution in [0.3, 0.4) is 0 Å². The summed E-state index contributed by atoms with van der Waals surface area (Å²) >= 11 is 5.93. The van der Waals surface area contributed by atoms with E-state index < -0.39 is 0 Å². The molecule has 21 heavy (non-hydrogen) atoms. The van der Waals surface area contributed by atoms with Crippen molar-refractivity contribution < 1.29 is 4.74 Å². The first-order valence-corrected chi connectivity index (χ1v) is 7.46. The zero-order valence-corrected chi connectivity index (χ0v) is 12.3. The SMILES string of the molecule is Clc1nc(NCCC2CCCCO2)nc(-n2cccn2)n1. The van der Waals surface area contributed by atoms with Gasteiger partial charge in [-0.15, -0.1) is 0 Å². The van der Waals surface area contributed by atoms with Crippen LogP contribution in [0.2, 0.25) is 5.28 Å². The molecule has 112 valence electrons. The van der Waals surface area contributed by atoms with Gasteiger partial charge in [-0.3, -0.25) is 0 Å². The second-order valence-electron chi connectivity index (χ2n) is 4.88. The van der Waals surface area contributed by atoms with Crippen molar-refractivity contribution in [3.63, 3.8) is 0 Å². The number of aromatic nitrogens is 5. The summed E-state index contributed by atoms with van der Waals surface area (Å²) in [6, 6.07) is 1.80. The van der Waals surface area contributed by atoms with Gasteiger partial charge < -0.3 is 10.1 Å². The van der Waals surface area contributed by atoms with Crippen molar-refractivity contribution >= 4 is 17.5 Å². The van der Waals surface area contributed by atoms with Crippen molar-refractivity contribution in [2.75, 3.05) is 18.5 Å². The summed E-state index contributed by atoms with van der Waals surface area (Å²) in [5.74, 6) is 0.854. The summed E-state index contributed by atoms with van der Waals surface area (Å²) in [5.41, 5.74) is 0. The molecule has 0 spiro atoms. The molecule has 0 bridgehead atoms. The summed E-state index contributed by atoms with van der Waals surface area (Å²) in [6.45, 7) is 1.61. The fourth-order valence-electron chi connectivity index (χ4n) is 2.29. The lowest BCUT2D eigenvalue weighted by Crippen LogP contribution is -2.22. The number of rotatable bonds is 5. The van der Waals surface area contributed by atoms with Crippen LogP contribution >= 0.6 is 11.6 Å². The molecule has 0 radical (unpaired) electrons. The smallest absolute Gasteiger partial charge is 0.256 e. The van der Waals surface area contributed by atoms with E-state index >= 15 is 0 Å². The highest BCUT2D eigenvalue weighted by Crippen LogP contribution is 2.16. The average Bonchev–Trinajstić information content (AvgIpc) is 3.02. The molecule has 2 aromatic rings. The van der Waals surface area contributed by atoms with Gasteiger partial charge in [0.15, 0.2) is 0 Å². The summed E-state index contributed by atoms with van der Waals surface area (Å²) < 4.78 is 7.23. The quantitative estimate of drug-likeness (QED) is 0.911. The molecule has 0 aromatic carbocycles. The maximum Gasteiger partial charge on any atom is 0.256 e. The highest BCUT2D eigenvalue weighted by Gasteiger charge is 2.13. The minimum atomic E-state index is 0.145. The first kappa shape index (κ1) is 14.2. The molecule has 0 aliphatic carbocycles. The average molecular weight is 309 g/mol. The lowest BCUT2D eigenvalue weighted by molar-refractivity contribution is 0.0134. The first-order chi connectivity index (χ1) is 10.3. The summed E-state index contributed by atoms with van der Waals surface area (Å²) in [4.78, 5) is 12.4. The Hall–Kier alpha value is -1.73. The van der Waals surface area contributed by atoms with Crippen LogP contribution in [-0.2, 0) is 4.74 Å². The number of nitrogens with one attached hydrogen (secondary N) is 1. The van der Waals surface area contributed by atoms with Crippen molar-refractivity contribution in [2.45, 2.75) is 31.8 Å². The molecular formula is C13H17ClN6O. The van der Waals surface area contributed by atoms with E-state index in [2.05, 4.69) is 25.4 Å². The van der Waals surface area contributed by atoms with Gasteiger partial charge in [-0.2, -0.15) is 20.1 Å². The molecule has 0 amide bonds. The summed E-state index contributed by atoms with van der Waals surface area (Å²) in [7, 11) is 0. The van der Waals surface area contributed by atoms with E-state index in [-0.39, 0.29) is 5.28 Å². The summed E-state index contributed by atoms with van der Waals surface area (Å²) in [5, 5.41) is 7.39. The second kappa shape index (κ2) is 6.82. The van der Waals surface area contributed by atoms with Gasteiger partial charge in [0.05, 0.1) is 6.10 Å². The Bertz CT molecular complexity index is 570. The molecule has 1 fully saturated rings. The van der Waals surface area contributed by atoms with E-state index in [4.69, 9.17) is 16.3 Å². The zero-order valence-electron chi connectivity index (χ0n) is 11.6. The standard InChI is InChI=1S/C13H17ClN6O/c14-11-17-12(15-7-5-10-4-1-2-9-21-10)19-13(18-11)20-8-3-6-16-20/h3,6,8,10H,1-2,4-5,7,9H2,(H,15,17,18,19). The van der Waals surface area contributed by atoms with Crippen molar-refractivity contribution in [2.24, 2.45) is 0 Å². The third-order valence-electron chi connectivity index (χ3n) is 3.33. The monoisotopic (exact) mass is 308 g/mol. The highest BCUT2D eigenvalue weighted by molar-refractivity contribution is 6.28. The Labute approximate surface area is 127 Å². The second-order valence-corrected chi connectivity index (χ2v) is 5.22. The van der Waals surface area contributed by atoms with E-state index in [1.165, 1.54) is 12.8 Å². The largest absolute Gasteiger partial charge is 0.378 e. The van der Waals surface area contributed by atoms with Gasteiger partial charge in [-0.05, 0) is 43.4 Å². The van der Waals surface area contributed by atoms with Crippen molar-refractivity contribution in [1.29, 1.82) is 0 Å². The third kappa shape index (κ3) is 3.89. The van der Waals surface area contributed by atoms with Crippen LogP contribution < -0.4 is 5.32 Å². The van der Waals surface area contributed by atoms with E-state index in [1.54, 1.807) is 23.1 Å². The topological polar surface area (TPSA) is 77.8 Å². The Morgan fingerprint density at radius 2 is 2.29 bits per heavy atom. The van der Waals surface area contributed by atoms with Crippen LogP contribution in [-0.4, -0.2) is 44.0 Å². The molecule has 1 atom stereocenters. The molecule has 1 aliphatic rings. The van der Waals surface area contributed by atoms with Gasteiger partial charge in [-0.1, -0.05) is 0 Å². The normalized spacial score (nSPS) is 18.6. The molecule has 7 nitrogen and oxygen atoms in total. The Balaban J connectivity index is 1.60. The fourth-order valence-corrected chi connectivity index (χ4v) is 2.44. The minimum Gasteiger partial charge on any atom is -0.378 e. The Morgan fingerprint density at radius 3 is 3.05 bits per heavy atom. The van der Waals surface area contributed by atoms with Crippen LogP contribution in [0.15, 0.2) is 18.5 Å². The molecule has 1 unspecified atom stereocenters. The maximum absolute atomic E-state index is 5.93. The predicted molar refractivity (Wildman–Crippen MR) is 78.7 cm³/mol. The van der Waals surface area contributed by atoms with E-state index in [0.29, 0.717) is 18.0 Å². The molecule has 8 heteroatoms. The van der Waals surface area contributed by atoms with Crippen molar-refractivity contribution in [3.8, 4) is 5.95 Å². The number of nitrogens with zero attached hydrogens (tertiary/aromatic N) is 5. The lowest BCUT2D eigenvalue weighted by atomic mass is 10.1. The van der Waals surface area contributed by atoms with Gasteiger partial charge in [0.1, 0.15) is 0 Å². The molecule has 1 saturated heterocycles. The third-order valence-corrected chi connectivity index (χ3v) is 3.50. The van der Waals surface area contributed by atoms with Gasteiger partial charge >= 0.3 is 0 Å². The molecule has 3 rings (SSSR count). The molecule has 1 N–H and O–H groups in total. The number of hydrogen-bond acceptors (Lipinski definition) is 6. The Kier molecular flexibility index (Phi) is 4.62. The van der Waals surface area contributed by atoms with Crippen LogP contribution in [0, 0.1) is 0 Å². The highest BCUT2D eigenvalue weighted by atomic mass is 35.5. The van der Waals surface area contributed by atoms with Crippen molar-refractivity contribution in [3.05, 3.63) is 23.7 Å². The maximum atomic E-state index is 5.93. The van der Waals surface area contributed by atoms with E-state index in [0.717, 1.165) is 26.0 Å². The molecule has 0 saturated carbocycles. The lowest BCUT2D eigenvalue weighted by Gasteiger charge is -2.22. The molecule has 2 aromatic heterocycles. The molecular weight excluding hydrogens is 292 g/mol. The van der Waals surface area contributed by atoms with Gasteiger partial charge in [-0.25, -0.2) is 4.68 Å².